The van der Waals surface area contributed by atoms with Crippen LogP contribution in [0, 0.1) is 11.8 Å². The van der Waals surface area contributed by atoms with Crippen molar-refractivity contribution in [2.75, 3.05) is 6.54 Å². The quantitative estimate of drug-likeness (QED) is 0.776. The van der Waals surface area contributed by atoms with Crippen LogP contribution < -0.4 is 0 Å². The van der Waals surface area contributed by atoms with Crippen LogP contribution in [0.4, 0.5) is 0 Å². The molecule has 0 aromatic heterocycles. The lowest BCUT2D eigenvalue weighted by molar-refractivity contribution is -0.153. The highest BCUT2D eigenvalue weighted by molar-refractivity contribution is 5.98. The molecule has 1 unspecified atom stereocenters. The first-order chi connectivity index (χ1) is 9.04. The molecule has 4 nitrogen and oxygen atoms in total. The molecule has 4 heteroatoms. The lowest BCUT2D eigenvalue weighted by atomic mass is 9.99. The summed E-state index contributed by atoms with van der Waals surface area (Å²) in [4.78, 5) is 24.7. The van der Waals surface area contributed by atoms with Crippen LogP contribution in [0.3, 0.4) is 0 Å². The van der Waals surface area contributed by atoms with Gasteiger partial charge in [-0.05, 0) is 31.9 Å². The van der Waals surface area contributed by atoms with Crippen LogP contribution in [-0.2, 0) is 9.59 Å². The van der Waals surface area contributed by atoms with E-state index in [1.165, 1.54) is 4.90 Å². The van der Waals surface area contributed by atoms with Crippen molar-refractivity contribution in [2.45, 2.75) is 25.3 Å². The number of hydrogen-bond donors (Lipinski definition) is 1. The Kier molecular flexibility index (Phi) is 3.57. The highest BCUT2D eigenvalue weighted by Gasteiger charge is 2.45. The first-order valence-electron chi connectivity index (χ1n) is 6.16. The van der Waals surface area contributed by atoms with Gasteiger partial charge in [0.1, 0.15) is 5.54 Å². The molecule has 1 heterocycles. The second-order valence-electron chi connectivity index (χ2n) is 4.76. The van der Waals surface area contributed by atoms with E-state index in [9.17, 15) is 14.7 Å². The molecule has 1 saturated heterocycles. The summed E-state index contributed by atoms with van der Waals surface area (Å²) in [6.45, 7) is 2.02. The molecule has 1 amide bonds. The van der Waals surface area contributed by atoms with Gasteiger partial charge < -0.3 is 10.0 Å². The number of rotatable bonds is 1. The number of nitrogens with zero attached hydrogens (tertiary/aromatic N) is 1. The van der Waals surface area contributed by atoms with Gasteiger partial charge in [0.25, 0.3) is 5.91 Å². The van der Waals surface area contributed by atoms with Gasteiger partial charge in [-0.3, -0.25) is 4.79 Å². The van der Waals surface area contributed by atoms with E-state index < -0.39 is 17.4 Å². The molecule has 1 fully saturated rings. The third-order valence-corrected chi connectivity index (χ3v) is 3.43. The van der Waals surface area contributed by atoms with E-state index >= 15 is 0 Å². The molecule has 0 bridgehead atoms. The maximum Gasteiger partial charge on any atom is 0.329 e. The molecule has 0 aliphatic carbocycles. The zero-order valence-electron chi connectivity index (χ0n) is 10.7. The van der Waals surface area contributed by atoms with E-state index in [0.29, 0.717) is 19.4 Å². The third kappa shape index (κ3) is 2.60. The van der Waals surface area contributed by atoms with Gasteiger partial charge in [-0.25, -0.2) is 4.79 Å². The van der Waals surface area contributed by atoms with Gasteiger partial charge in [0.2, 0.25) is 0 Å². The normalized spacial score (nSPS) is 21.6. The van der Waals surface area contributed by atoms with Crippen molar-refractivity contribution in [2.24, 2.45) is 0 Å². The maximum atomic E-state index is 12.0. The molecule has 0 spiro atoms. The molecule has 1 aliphatic rings. The fourth-order valence-electron chi connectivity index (χ4n) is 2.23. The van der Waals surface area contributed by atoms with E-state index in [4.69, 9.17) is 0 Å². The van der Waals surface area contributed by atoms with Gasteiger partial charge in [-0.1, -0.05) is 24.1 Å². The summed E-state index contributed by atoms with van der Waals surface area (Å²) in [5, 5.41) is 9.23. The number of carboxylic acids is 1. The minimum atomic E-state index is -1.12. The van der Waals surface area contributed by atoms with Crippen molar-refractivity contribution < 1.29 is 14.7 Å². The Morgan fingerprint density at radius 2 is 2.00 bits per heavy atom. The van der Waals surface area contributed by atoms with Crippen molar-refractivity contribution in [3.05, 3.63) is 35.9 Å². The summed E-state index contributed by atoms with van der Waals surface area (Å²) in [6, 6.07) is 9.16. The topological polar surface area (TPSA) is 57.6 Å². The van der Waals surface area contributed by atoms with Crippen molar-refractivity contribution in [1.82, 2.24) is 4.90 Å². The smallest absolute Gasteiger partial charge is 0.329 e. The average molecular weight is 257 g/mol. The highest BCUT2D eigenvalue weighted by Crippen LogP contribution is 2.29. The SMILES string of the molecule is CC1(C(=O)O)CCCN1C(=O)C#Cc1ccccc1. The molecule has 0 radical (unpaired) electrons. The van der Waals surface area contributed by atoms with Gasteiger partial charge in [0.15, 0.2) is 0 Å². The van der Waals surface area contributed by atoms with Crippen LogP contribution >= 0.6 is 0 Å². The summed E-state index contributed by atoms with van der Waals surface area (Å²) < 4.78 is 0. The van der Waals surface area contributed by atoms with Crippen LogP contribution in [0.1, 0.15) is 25.3 Å². The van der Waals surface area contributed by atoms with Gasteiger partial charge >= 0.3 is 5.97 Å². The van der Waals surface area contributed by atoms with E-state index in [0.717, 1.165) is 5.56 Å². The number of hydrogen-bond acceptors (Lipinski definition) is 2. The highest BCUT2D eigenvalue weighted by atomic mass is 16.4. The average Bonchev–Trinajstić information content (AvgIpc) is 2.81. The zero-order valence-corrected chi connectivity index (χ0v) is 10.7. The molecule has 98 valence electrons. The largest absolute Gasteiger partial charge is 0.480 e. The lowest BCUT2D eigenvalue weighted by Crippen LogP contribution is -2.50. The summed E-state index contributed by atoms with van der Waals surface area (Å²) in [5.41, 5.74) is -0.380. The van der Waals surface area contributed by atoms with Crippen LogP contribution in [-0.4, -0.2) is 34.0 Å². The molecule has 1 atom stereocenters. The standard InChI is InChI=1S/C15H15NO3/c1-15(14(18)19)10-5-11-16(15)13(17)9-8-12-6-3-2-4-7-12/h2-4,6-7H,5,10-11H2,1H3,(H,18,19). The predicted octanol–water partition coefficient (Wildman–Crippen LogP) is 1.50. The first kappa shape index (κ1) is 13.2. The monoisotopic (exact) mass is 257 g/mol. The van der Waals surface area contributed by atoms with Gasteiger partial charge in [0.05, 0.1) is 0 Å². The number of carbonyl (C=O) groups excluding carboxylic acids is 1. The maximum absolute atomic E-state index is 12.0. The fourth-order valence-corrected chi connectivity index (χ4v) is 2.23. The van der Waals surface area contributed by atoms with Crippen LogP contribution in [0.5, 0.6) is 0 Å². The minimum absolute atomic E-state index is 0.425. The molecule has 1 aliphatic heterocycles. The molecule has 1 aromatic rings. The number of aliphatic carboxylic acids is 1. The number of carbonyl (C=O) groups is 2. The molecule has 1 aromatic carbocycles. The van der Waals surface area contributed by atoms with Crippen LogP contribution in [0.2, 0.25) is 0 Å². The Morgan fingerprint density at radius 3 is 2.63 bits per heavy atom. The number of amides is 1. The van der Waals surface area contributed by atoms with Crippen LogP contribution in [0.15, 0.2) is 30.3 Å². The molecule has 1 N–H and O–H groups in total. The summed E-state index contributed by atoms with van der Waals surface area (Å²) >= 11 is 0. The zero-order chi connectivity index (χ0) is 13.9. The number of benzene rings is 1. The molecule has 19 heavy (non-hydrogen) atoms. The second kappa shape index (κ2) is 5.15. The van der Waals surface area contributed by atoms with Crippen molar-refractivity contribution in [3.8, 4) is 11.8 Å². The van der Waals surface area contributed by atoms with Crippen molar-refractivity contribution in [3.63, 3.8) is 0 Å². The Bertz CT molecular complexity index is 556. The van der Waals surface area contributed by atoms with E-state index in [1.807, 2.05) is 18.2 Å². The molecule has 0 saturated carbocycles. The number of likely N-dealkylation sites (tertiary alicyclic amines) is 1. The summed E-state index contributed by atoms with van der Waals surface area (Å²) in [7, 11) is 0. The first-order valence-corrected chi connectivity index (χ1v) is 6.16. The Hall–Kier alpha value is -2.28. The molecule has 2 rings (SSSR count). The minimum Gasteiger partial charge on any atom is -0.480 e. The Morgan fingerprint density at radius 1 is 1.32 bits per heavy atom. The second-order valence-corrected chi connectivity index (χ2v) is 4.76. The van der Waals surface area contributed by atoms with E-state index in [-0.39, 0.29) is 0 Å². The van der Waals surface area contributed by atoms with Crippen LogP contribution in [0.25, 0.3) is 0 Å². The van der Waals surface area contributed by atoms with Gasteiger partial charge in [-0.2, -0.15) is 0 Å². The Balaban J connectivity index is 2.17. The predicted molar refractivity (Wildman–Crippen MR) is 70.3 cm³/mol. The summed E-state index contributed by atoms with van der Waals surface area (Å²) in [6.07, 6.45) is 1.17. The summed E-state index contributed by atoms with van der Waals surface area (Å²) in [5.74, 6) is 3.89. The number of carboxylic acid groups (broad SMARTS) is 1. The Labute approximate surface area is 112 Å². The molecular weight excluding hydrogens is 242 g/mol. The van der Waals surface area contributed by atoms with Crippen molar-refractivity contribution in [1.29, 1.82) is 0 Å². The lowest BCUT2D eigenvalue weighted by Gasteiger charge is -2.29. The third-order valence-electron chi connectivity index (χ3n) is 3.43. The molecular formula is C15H15NO3. The van der Waals surface area contributed by atoms with Gasteiger partial charge in [0, 0.05) is 18.0 Å². The van der Waals surface area contributed by atoms with E-state index in [1.54, 1.807) is 19.1 Å². The van der Waals surface area contributed by atoms with Gasteiger partial charge in [-0.15, -0.1) is 0 Å². The fraction of sp³-hybridized carbons (Fsp3) is 0.333. The van der Waals surface area contributed by atoms with E-state index in [2.05, 4.69) is 11.8 Å². The van der Waals surface area contributed by atoms with Crippen molar-refractivity contribution >= 4 is 11.9 Å².